The third-order valence-corrected chi connectivity index (χ3v) is 5.62. The van der Waals surface area contributed by atoms with Crippen LogP contribution >= 0.6 is 0 Å². The molecule has 1 N–H and O–H groups in total. The fourth-order valence-corrected chi connectivity index (χ4v) is 3.93. The molecule has 0 fully saturated rings. The van der Waals surface area contributed by atoms with E-state index in [0.717, 1.165) is 11.3 Å². The summed E-state index contributed by atoms with van der Waals surface area (Å²) in [6.07, 6.45) is 2.97. The number of nitrogens with one attached hydrogen (secondary N) is 1. The normalized spacial score (nSPS) is 11.9. The van der Waals surface area contributed by atoms with Crippen molar-refractivity contribution in [2.75, 3.05) is 0 Å². The lowest BCUT2D eigenvalue weighted by Gasteiger charge is -2.05. The number of nitro benzene ring substituents is 1. The van der Waals surface area contributed by atoms with E-state index in [-0.39, 0.29) is 16.9 Å². The van der Waals surface area contributed by atoms with Crippen LogP contribution in [-0.4, -0.2) is 40.9 Å². The number of aryl methyl sites for hydroxylation is 2. The first-order chi connectivity index (χ1) is 16.9. The van der Waals surface area contributed by atoms with Gasteiger partial charge in [-0.15, -0.1) is 0 Å². The van der Waals surface area contributed by atoms with Crippen LogP contribution in [0.3, 0.4) is 0 Å². The zero-order valence-electron chi connectivity index (χ0n) is 18.6. The number of aromatic amines is 1. The second-order valence-electron chi connectivity index (χ2n) is 7.73. The first-order valence-corrected chi connectivity index (χ1v) is 10.4. The van der Waals surface area contributed by atoms with Crippen LogP contribution in [0.2, 0.25) is 0 Å². The minimum atomic E-state index is -0.565. The van der Waals surface area contributed by atoms with Crippen molar-refractivity contribution in [3.8, 4) is 11.3 Å². The third-order valence-electron chi connectivity index (χ3n) is 5.62. The van der Waals surface area contributed by atoms with Crippen molar-refractivity contribution < 1.29 is 4.92 Å². The average Bonchev–Trinajstić information content (AvgIpc) is 3.37. The van der Waals surface area contributed by atoms with E-state index < -0.39 is 16.2 Å². The van der Waals surface area contributed by atoms with Crippen LogP contribution in [0.5, 0.6) is 0 Å². The Morgan fingerprint density at radius 1 is 0.971 bits per heavy atom. The lowest BCUT2D eigenvalue weighted by atomic mass is 10.1. The summed E-state index contributed by atoms with van der Waals surface area (Å²) in [5.41, 5.74) is 2.11. The van der Waals surface area contributed by atoms with E-state index in [9.17, 15) is 19.7 Å². The van der Waals surface area contributed by atoms with Gasteiger partial charge >= 0.3 is 5.69 Å². The smallest absolute Gasteiger partial charge is 0.312 e. The van der Waals surface area contributed by atoms with Gasteiger partial charge in [-0.25, -0.2) is 4.79 Å². The van der Waals surface area contributed by atoms with Crippen molar-refractivity contribution in [2.24, 2.45) is 24.3 Å². The van der Waals surface area contributed by atoms with Gasteiger partial charge in [-0.05, 0) is 17.7 Å². The number of aromatic nitrogens is 5. The molecule has 12 nitrogen and oxygen atoms in total. The Morgan fingerprint density at radius 3 is 2.34 bits per heavy atom. The summed E-state index contributed by atoms with van der Waals surface area (Å²) < 4.78 is 4.74. The summed E-state index contributed by atoms with van der Waals surface area (Å²) in [6.45, 7) is 0. The van der Waals surface area contributed by atoms with Crippen LogP contribution in [0.25, 0.3) is 28.2 Å². The molecule has 0 saturated heterocycles. The molecule has 0 radical (unpaired) electrons. The Labute approximate surface area is 196 Å². The number of H-pyrrole nitrogens is 1. The zero-order valence-corrected chi connectivity index (χ0v) is 18.6. The summed E-state index contributed by atoms with van der Waals surface area (Å²) in [5, 5.41) is 19.1. The van der Waals surface area contributed by atoms with Gasteiger partial charge in [0.25, 0.3) is 11.2 Å². The second kappa shape index (κ2) is 8.33. The van der Waals surface area contributed by atoms with E-state index in [0.29, 0.717) is 17.0 Å². The van der Waals surface area contributed by atoms with Crippen molar-refractivity contribution >= 4 is 35.1 Å². The molecule has 174 valence electrons. The number of imidazole rings is 2. The largest absolute Gasteiger partial charge is 0.329 e. The lowest BCUT2D eigenvalue weighted by Crippen LogP contribution is -2.28. The second-order valence-corrected chi connectivity index (χ2v) is 7.73. The van der Waals surface area contributed by atoms with Crippen molar-refractivity contribution in [1.82, 2.24) is 23.5 Å². The van der Waals surface area contributed by atoms with Gasteiger partial charge in [-0.2, -0.15) is 15.2 Å². The first kappa shape index (κ1) is 21.7. The van der Waals surface area contributed by atoms with Gasteiger partial charge < -0.3 is 4.57 Å². The monoisotopic (exact) mass is 470 g/mol. The molecule has 3 aromatic heterocycles. The van der Waals surface area contributed by atoms with Gasteiger partial charge in [0, 0.05) is 31.8 Å². The maximum absolute atomic E-state index is 12.8. The molecule has 5 aromatic rings. The van der Waals surface area contributed by atoms with Crippen LogP contribution in [0, 0.1) is 10.1 Å². The van der Waals surface area contributed by atoms with E-state index in [1.54, 1.807) is 16.5 Å². The van der Waals surface area contributed by atoms with Gasteiger partial charge in [0.05, 0.1) is 28.7 Å². The van der Waals surface area contributed by atoms with Crippen LogP contribution in [0.1, 0.15) is 11.3 Å². The Bertz CT molecular complexity index is 1770. The zero-order chi connectivity index (χ0) is 24.7. The summed E-state index contributed by atoms with van der Waals surface area (Å²) in [5.74, 6) is 0.450. The highest BCUT2D eigenvalue weighted by Gasteiger charge is 2.22. The molecule has 0 aliphatic rings. The van der Waals surface area contributed by atoms with Crippen molar-refractivity contribution in [3.63, 3.8) is 0 Å². The molecule has 5 rings (SSSR count). The molecule has 0 unspecified atom stereocenters. The van der Waals surface area contributed by atoms with E-state index in [1.807, 2.05) is 41.9 Å². The third kappa shape index (κ3) is 3.62. The fourth-order valence-electron chi connectivity index (χ4n) is 3.93. The van der Waals surface area contributed by atoms with Crippen LogP contribution in [-0.2, 0) is 14.1 Å². The molecule has 0 aliphatic carbocycles. The number of hydrogen-bond acceptors (Lipinski definition) is 7. The quantitative estimate of drug-likeness (QED) is 0.238. The highest BCUT2D eigenvalue weighted by Crippen LogP contribution is 2.28. The number of nitrogens with zero attached hydrogens (tertiary/aromatic N) is 7. The highest BCUT2D eigenvalue weighted by molar-refractivity contribution is 5.93. The maximum Gasteiger partial charge on any atom is 0.329 e. The first-order valence-electron chi connectivity index (χ1n) is 10.4. The predicted molar refractivity (Wildman–Crippen MR) is 131 cm³/mol. The SMILES string of the molecule is Cn1c(-c2ccccc2)c(C=NN=Cc2ccc([N+](=O)[O-])cc2)n2c3c(=O)[nH]c(=O)n(C)c3nc12. The number of benzene rings is 2. The van der Waals surface area contributed by atoms with Crippen molar-refractivity contribution in [3.05, 3.63) is 96.8 Å². The number of hydrogen-bond donors (Lipinski definition) is 1. The minimum absolute atomic E-state index is 0.0172. The Kier molecular flexibility index (Phi) is 5.17. The van der Waals surface area contributed by atoms with E-state index in [1.165, 1.54) is 36.2 Å². The van der Waals surface area contributed by atoms with Gasteiger partial charge in [0.1, 0.15) is 0 Å². The molecule has 35 heavy (non-hydrogen) atoms. The average molecular weight is 470 g/mol. The lowest BCUT2D eigenvalue weighted by molar-refractivity contribution is -0.384. The maximum atomic E-state index is 12.8. The van der Waals surface area contributed by atoms with Gasteiger partial charge in [-0.3, -0.25) is 28.9 Å². The van der Waals surface area contributed by atoms with Crippen LogP contribution in [0.15, 0.2) is 74.4 Å². The Balaban J connectivity index is 1.68. The standard InChI is InChI=1S/C23H18N8O4/c1-28-18(15-6-4-3-5-7-15)17(13-25-24-12-14-8-10-16(11-9-14)31(34)35)30-19-20(26-22(28)30)29(2)23(33)27-21(19)32/h3-13H,1-2H3,(H,27,32,33). The molecule has 2 aromatic carbocycles. The number of nitro groups is 1. The Hall–Kier alpha value is -5.13. The molecule has 0 amide bonds. The molecule has 3 heterocycles. The van der Waals surface area contributed by atoms with Gasteiger partial charge in [0.15, 0.2) is 11.2 Å². The van der Waals surface area contributed by atoms with Crippen LogP contribution < -0.4 is 11.2 Å². The molecule has 0 spiro atoms. The van der Waals surface area contributed by atoms with E-state index in [4.69, 9.17) is 0 Å². The number of fused-ring (bicyclic) bond motifs is 3. The van der Waals surface area contributed by atoms with Gasteiger partial charge in [0.2, 0.25) is 5.78 Å². The highest BCUT2D eigenvalue weighted by atomic mass is 16.6. The number of non-ortho nitro benzene ring substituents is 1. The van der Waals surface area contributed by atoms with Crippen molar-refractivity contribution in [1.29, 1.82) is 0 Å². The topological polar surface area (TPSA) is 145 Å². The molecular weight excluding hydrogens is 452 g/mol. The summed E-state index contributed by atoms with van der Waals surface area (Å²) >= 11 is 0. The van der Waals surface area contributed by atoms with E-state index >= 15 is 0 Å². The number of rotatable bonds is 5. The summed E-state index contributed by atoms with van der Waals surface area (Å²) in [6, 6.07) is 15.4. The Morgan fingerprint density at radius 2 is 1.66 bits per heavy atom. The van der Waals surface area contributed by atoms with Gasteiger partial charge in [-0.1, -0.05) is 30.3 Å². The van der Waals surface area contributed by atoms with Crippen LogP contribution in [0.4, 0.5) is 5.69 Å². The molecule has 0 bridgehead atoms. The molecule has 0 aliphatic heterocycles. The summed E-state index contributed by atoms with van der Waals surface area (Å²) in [4.78, 5) is 42.1. The molecule has 12 heteroatoms. The van der Waals surface area contributed by atoms with E-state index in [2.05, 4.69) is 20.2 Å². The fraction of sp³-hybridized carbons (Fsp3) is 0.0870. The molecular formula is C23H18N8O4. The van der Waals surface area contributed by atoms with Crippen molar-refractivity contribution in [2.45, 2.75) is 0 Å². The summed E-state index contributed by atoms with van der Waals surface area (Å²) in [7, 11) is 3.35. The molecule has 0 saturated carbocycles. The minimum Gasteiger partial charge on any atom is -0.312 e. The molecule has 0 atom stereocenters. The predicted octanol–water partition coefficient (Wildman–Crippen LogP) is 2.24.